The number of thiocarbonyl (C=S) groups is 1. The predicted octanol–water partition coefficient (Wildman–Crippen LogP) is 3.71. The van der Waals surface area contributed by atoms with E-state index < -0.39 is 0 Å². The molecule has 0 bridgehead atoms. The lowest BCUT2D eigenvalue weighted by Crippen LogP contribution is -2.47. The quantitative estimate of drug-likeness (QED) is 0.812. The molecule has 0 unspecified atom stereocenters. The maximum atomic E-state index is 5.47. The molecule has 4 nitrogen and oxygen atoms in total. The van der Waals surface area contributed by atoms with Crippen LogP contribution in [0, 0.1) is 0 Å². The van der Waals surface area contributed by atoms with Crippen LogP contribution in [0.1, 0.15) is 39.0 Å². The molecule has 0 radical (unpaired) electrons. The van der Waals surface area contributed by atoms with Gasteiger partial charge in [0.2, 0.25) is 0 Å². The molecule has 2 N–H and O–H groups in total. The number of methoxy groups -OCH3 is 2. The van der Waals surface area contributed by atoms with Gasteiger partial charge >= 0.3 is 0 Å². The first-order valence-electron chi connectivity index (χ1n) is 7.43. The minimum absolute atomic E-state index is 0.157. The summed E-state index contributed by atoms with van der Waals surface area (Å²) in [6, 6.07) is 5.65. The van der Waals surface area contributed by atoms with E-state index in [1.54, 1.807) is 14.2 Å². The van der Waals surface area contributed by atoms with Gasteiger partial charge in [0.15, 0.2) is 5.11 Å². The maximum absolute atomic E-state index is 5.47. The molecular formula is C16H24N2O2S. The highest BCUT2D eigenvalue weighted by Crippen LogP contribution is 2.33. The zero-order chi connectivity index (χ0) is 15.3. The van der Waals surface area contributed by atoms with Crippen LogP contribution < -0.4 is 20.1 Å². The van der Waals surface area contributed by atoms with Crippen LogP contribution in [0.5, 0.6) is 11.5 Å². The molecule has 1 aliphatic rings. The number of hydrogen-bond donors (Lipinski definition) is 2. The van der Waals surface area contributed by atoms with E-state index in [0.717, 1.165) is 23.6 Å². The van der Waals surface area contributed by atoms with Crippen LogP contribution in [0.25, 0.3) is 0 Å². The Balaban J connectivity index is 2.05. The lowest BCUT2D eigenvalue weighted by Gasteiger charge is -2.30. The third-order valence-electron chi connectivity index (χ3n) is 4.27. The van der Waals surface area contributed by atoms with Crippen molar-refractivity contribution < 1.29 is 9.47 Å². The highest BCUT2D eigenvalue weighted by Gasteiger charge is 2.32. The summed E-state index contributed by atoms with van der Waals surface area (Å²) in [4.78, 5) is 0. The van der Waals surface area contributed by atoms with E-state index in [1.807, 2.05) is 18.2 Å². The normalized spacial score (nSPS) is 16.3. The standard InChI is InChI=1S/C16H24N2O2S/c1-4-16(9-5-6-10-16)18-15(21)17-13-8-7-12(19-2)11-14(13)20-3/h7-8,11H,4-6,9-10H2,1-3H3,(H2,17,18,21). The third-order valence-corrected chi connectivity index (χ3v) is 4.48. The average Bonchev–Trinajstić information content (AvgIpc) is 2.96. The number of anilines is 1. The number of nitrogens with one attached hydrogen (secondary N) is 2. The number of ether oxygens (including phenoxy) is 2. The van der Waals surface area contributed by atoms with E-state index >= 15 is 0 Å². The summed E-state index contributed by atoms with van der Waals surface area (Å²) in [5.41, 5.74) is 1.00. The Morgan fingerprint density at radius 1 is 1.24 bits per heavy atom. The topological polar surface area (TPSA) is 42.5 Å². The first-order valence-corrected chi connectivity index (χ1v) is 7.84. The molecule has 0 saturated heterocycles. The molecule has 0 atom stereocenters. The van der Waals surface area contributed by atoms with Crippen LogP contribution in [0.4, 0.5) is 5.69 Å². The number of rotatable bonds is 5. The molecule has 1 aromatic carbocycles. The second-order valence-electron chi connectivity index (χ2n) is 5.49. The molecule has 1 saturated carbocycles. The van der Waals surface area contributed by atoms with Gasteiger partial charge in [-0.1, -0.05) is 19.8 Å². The fourth-order valence-electron chi connectivity index (χ4n) is 2.91. The van der Waals surface area contributed by atoms with Crippen molar-refractivity contribution in [3.8, 4) is 11.5 Å². The van der Waals surface area contributed by atoms with Gasteiger partial charge in [-0.3, -0.25) is 0 Å². The summed E-state index contributed by atoms with van der Waals surface area (Å²) >= 11 is 5.47. The summed E-state index contributed by atoms with van der Waals surface area (Å²) in [5, 5.41) is 7.40. The minimum Gasteiger partial charge on any atom is -0.497 e. The van der Waals surface area contributed by atoms with E-state index in [1.165, 1.54) is 25.7 Å². The molecule has 0 heterocycles. The fourth-order valence-corrected chi connectivity index (χ4v) is 3.24. The Labute approximate surface area is 132 Å². The Morgan fingerprint density at radius 3 is 2.52 bits per heavy atom. The van der Waals surface area contributed by atoms with Crippen molar-refractivity contribution >= 4 is 23.0 Å². The van der Waals surface area contributed by atoms with Gasteiger partial charge in [0.05, 0.1) is 19.9 Å². The van der Waals surface area contributed by atoms with Crippen molar-refractivity contribution in [3.05, 3.63) is 18.2 Å². The molecule has 0 spiro atoms. The van der Waals surface area contributed by atoms with Crippen molar-refractivity contribution in [2.75, 3.05) is 19.5 Å². The molecule has 21 heavy (non-hydrogen) atoms. The van der Waals surface area contributed by atoms with Crippen LogP contribution in [0.15, 0.2) is 18.2 Å². The fraction of sp³-hybridized carbons (Fsp3) is 0.562. The SMILES string of the molecule is CCC1(NC(=S)Nc2ccc(OC)cc2OC)CCCC1. The van der Waals surface area contributed by atoms with Crippen molar-refractivity contribution in [1.82, 2.24) is 5.32 Å². The van der Waals surface area contributed by atoms with Crippen LogP contribution in [0.3, 0.4) is 0 Å². The van der Waals surface area contributed by atoms with Crippen LogP contribution in [-0.2, 0) is 0 Å². The molecule has 5 heteroatoms. The molecule has 1 fully saturated rings. The number of benzene rings is 1. The molecule has 1 aromatic rings. The van der Waals surface area contributed by atoms with E-state index in [0.29, 0.717) is 5.11 Å². The van der Waals surface area contributed by atoms with Gasteiger partial charge in [0.25, 0.3) is 0 Å². The lowest BCUT2D eigenvalue weighted by molar-refractivity contribution is 0.378. The van der Waals surface area contributed by atoms with Gasteiger partial charge in [0.1, 0.15) is 11.5 Å². The van der Waals surface area contributed by atoms with Gasteiger partial charge in [-0.05, 0) is 43.6 Å². The van der Waals surface area contributed by atoms with Crippen molar-refractivity contribution in [3.63, 3.8) is 0 Å². The molecule has 0 aromatic heterocycles. The summed E-state index contributed by atoms with van der Waals surface area (Å²) in [7, 11) is 3.28. The molecule has 0 amide bonds. The minimum atomic E-state index is 0.157. The number of hydrogen-bond acceptors (Lipinski definition) is 3. The van der Waals surface area contributed by atoms with Crippen LogP contribution >= 0.6 is 12.2 Å². The van der Waals surface area contributed by atoms with Gasteiger partial charge in [-0.25, -0.2) is 0 Å². The Kier molecular flexibility index (Phi) is 5.28. The maximum Gasteiger partial charge on any atom is 0.171 e. The molecule has 1 aliphatic carbocycles. The zero-order valence-electron chi connectivity index (χ0n) is 13.0. The third kappa shape index (κ3) is 3.79. The molecular weight excluding hydrogens is 284 g/mol. The Hall–Kier alpha value is -1.49. The van der Waals surface area contributed by atoms with E-state index in [9.17, 15) is 0 Å². The largest absolute Gasteiger partial charge is 0.497 e. The van der Waals surface area contributed by atoms with Crippen molar-refractivity contribution in [2.45, 2.75) is 44.6 Å². The van der Waals surface area contributed by atoms with E-state index in [2.05, 4.69) is 17.6 Å². The first-order chi connectivity index (χ1) is 10.1. The lowest BCUT2D eigenvalue weighted by atomic mass is 9.95. The summed E-state index contributed by atoms with van der Waals surface area (Å²) in [5.74, 6) is 1.48. The monoisotopic (exact) mass is 308 g/mol. The predicted molar refractivity (Wildman–Crippen MR) is 90.4 cm³/mol. The van der Waals surface area contributed by atoms with Gasteiger partial charge < -0.3 is 20.1 Å². The Morgan fingerprint density at radius 2 is 1.95 bits per heavy atom. The second-order valence-corrected chi connectivity index (χ2v) is 5.89. The molecule has 2 rings (SSSR count). The van der Waals surface area contributed by atoms with Crippen molar-refractivity contribution in [1.29, 1.82) is 0 Å². The Bertz CT molecular complexity index is 499. The summed E-state index contributed by atoms with van der Waals surface area (Å²) in [6.07, 6.45) is 6.01. The van der Waals surface area contributed by atoms with Crippen molar-refractivity contribution in [2.24, 2.45) is 0 Å². The smallest absolute Gasteiger partial charge is 0.171 e. The van der Waals surface area contributed by atoms with E-state index in [4.69, 9.17) is 21.7 Å². The van der Waals surface area contributed by atoms with Crippen LogP contribution in [0.2, 0.25) is 0 Å². The summed E-state index contributed by atoms with van der Waals surface area (Å²) in [6.45, 7) is 2.22. The van der Waals surface area contributed by atoms with Gasteiger partial charge in [-0.2, -0.15) is 0 Å². The second kappa shape index (κ2) is 6.98. The zero-order valence-corrected chi connectivity index (χ0v) is 13.8. The average molecular weight is 308 g/mol. The van der Waals surface area contributed by atoms with E-state index in [-0.39, 0.29) is 5.54 Å². The van der Waals surface area contributed by atoms with Crippen LogP contribution in [-0.4, -0.2) is 24.9 Å². The molecule has 116 valence electrons. The highest BCUT2D eigenvalue weighted by molar-refractivity contribution is 7.80. The van der Waals surface area contributed by atoms with Gasteiger partial charge in [-0.15, -0.1) is 0 Å². The first kappa shape index (κ1) is 15.9. The van der Waals surface area contributed by atoms with Gasteiger partial charge in [0, 0.05) is 11.6 Å². The highest BCUT2D eigenvalue weighted by atomic mass is 32.1. The molecule has 0 aliphatic heterocycles. The summed E-state index contributed by atoms with van der Waals surface area (Å²) < 4.78 is 10.6.